The number of amides is 1. The predicted octanol–water partition coefficient (Wildman–Crippen LogP) is 5.09. The van der Waals surface area contributed by atoms with Crippen LogP contribution in [0.4, 0.5) is 6.01 Å². The Morgan fingerprint density at radius 3 is 2.58 bits per heavy atom. The molecule has 10 heteroatoms. The SMILES string of the molecule is CCCCCCOc1cccc(C[C@@H](CCNCc2cccc(CC)c2)NC(=O)c2coc(NS(C)(=O)=O)n2)c1. The highest BCUT2D eigenvalue weighted by atomic mass is 32.2. The maximum atomic E-state index is 13.0. The van der Waals surface area contributed by atoms with Gasteiger partial charge in [-0.05, 0) is 61.1 Å². The summed E-state index contributed by atoms with van der Waals surface area (Å²) in [4.78, 5) is 17.0. The second kappa shape index (κ2) is 16.0. The first-order valence-corrected chi connectivity index (χ1v) is 15.9. The van der Waals surface area contributed by atoms with Gasteiger partial charge in [-0.2, -0.15) is 4.98 Å². The molecule has 9 nitrogen and oxygen atoms in total. The lowest BCUT2D eigenvalue weighted by atomic mass is 10.0. The van der Waals surface area contributed by atoms with Crippen LogP contribution in [0.15, 0.2) is 59.2 Å². The molecule has 1 aromatic heterocycles. The van der Waals surface area contributed by atoms with Crippen molar-refractivity contribution in [1.82, 2.24) is 15.6 Å². The summed E-state index contributed by atoms with van der Waals surface area (Å²) in [6.45, 7) is 6.44. The maximum absolute atomic E-state index is 13.0. The van der Waals surface area contributed by atoms with Crippen molar-refractivity contribution in [2.24, 2.45) is 0 Å². The third-order valence-electron chi connectivity index (χ3n) is 6.39. The topological polar surface area (TPSA) is 123 Å². The molecule has 3 aromatic rings. The van der Waals surface area contributed by atoms with Gasteiger partial charge < -0.3 is 19.8 Å². The van der Waals surface area contributed by atoms with Crippen LogP contribution in [0.2, 0.25) is 0 Å². The van der Waals surface area contributed by atoms with Crippen LogP contribution in [0.25, 0.3) is 0 Å². The zero-order valence-electron chi connectivity index (χ0n) is 23.7. The molecule has 0 radical (unpaired) electrons. The maximum Gasteiger partial charge on any atom is 0.309 e. The van der Waals surface area contributed by atoms with E-state index in [0.717, 1.165) is 49.6 Å². The number of unbranched alkanes of at least 4 members (excludes halogenated alkanes) is 3. The molecule has 0 unspecified atom stereocenters. The fraction of sp³-hybridized carbons (Fsp3) is 0.467. The molecule has 1 atom stereocenters. The van der Waals surface area contributed by atoms with Gasteiger partial charge in [0.1, 0.15) is 12.0 Å². The van der Waals surface area contributed by atoms with Crippen molar-refractivity contribution >= 4 is 21.9 Å². The molecule has 0 bridgehead atoms. The van der Waals surface area contributed by atoms with Gasteiger partial charge in [0.25, 0.3) is 5.91 Å². The molecule has 0 aliphatic rings. The van der Waals surface area contributed by atoms with Crippen LogP contribution in [-0.2, 0) is 29.4 Å². The van der Waals surface area contributed by atoms with Crippen molar-refractivity contribution in [2.45, 2.75) is 71.4 Å². The summed E-state index contributed by atoms with van der Waals surface area (Å²) in [5.41, 5.74) is 3.57. The largest absolute Gasteiger partial charge is 0.494 e. The van der Waals surface area contributed by atoms with Crippen molar-refractivity contribution < 1.29 is 22.4 Å². The molecule has 3 N–H and O–H groups in total. The average Bonchev–Trinajstić information content (AvgIpc) is 3.38. The molecule has 218 valence electrons. The number of rotatable bonds is 18. The van der Waals surface area contributed by atoms with E-state index in [4.69, 9.17) is 9.15 Å². The molecular formula is C30H42N4O5S. The lowest BCUT2D eigenvalue weighted by Crippen LogP contribution is -2.38. The Labute approximate surface area is 238 Å². The van der Waals surface area contributed by atoms with Gasteiger partial charge in [-0.1, -0.05) is 69.5 Å². The number of benzene rings is 2. The molecule has 0 aliphatic heterocycles. The van der Waals surface area contributed by atoms with Crippen molar-refractivity contribution in [2.75, 3.05) is 24.1 Å². The van der Waals surface area contributed by atoms with Gasteiger partial charge in [-0.3, -0.25) is 4.79 Å². The van der Waals surface area contributed by atoms with E-state index in [9.17, 15) is 13.2 Å². The number of oxazole rings is 1. The number of nitrogens with one attached hydrogen (secondary N) is 3. The van der Waals surface area contributed by atoms with Gasteiger partial charge in [-0.25, -0.2) is 13.1 Å². The Balaban J connectivity index is 1.63. The summed E-state index contributed by atoms with van der Waals surface area (Å²) in [5.74, 6) is 0.385. The van der Waals surface area contributed by atoms with E-state index in [0.29, 0.717) is 26.0 Å². The number of aryl methyl sites for hydroxylation is 1. The normalized spacial score (nSPS) is 12.2. The number of hydrogen-bond donors (Lipinski definition) is 3. The van der Waals surface area contributed by atoms with Crippen molar-refractivity contribution in [1.29, 1.82) is 0 Å². The number of hydrogen-bond acceptors (Lipinski definition) is 7. The van der Waals surface area contributed by atoms with Gasteiger partial charge >= 0.3 is 6.01 Å². The third kappa shape index (κ3) is 11.4. The van der Waals surface area contributed by atoms with E-state index in [1.54, 1.807) is 0 Å². The van der Waals surface area contributed by atoms with Crippen LogP contribution >= 0.6 is 0 Å². The molecule has 0 aliphatic carbocycles. The number of ether oxygens (including phenoxy) is 1. The molecule has 0 spiro atoms. The Bertz CT molecular complexity index is 1310. The van der Waals surface area contributed by atoms with E-state index >= 15 is 0 Å². The minimum atomic E-state index is -3.57. The van der Waals surface area contributed by atoms with Crippen LogP contribution in [-0.4, -0.2) is 44.8 Å². The summed E-state index contributed by atoms with van der Waals surface area (Å²) >= 11 is 0. The monoisotopic (exact) mass is 570 g/mol. The number of carbonyl (C=O) groups is 1. The number of sulfonamides is 1. The van der Waals surface area contributed by atoms with E-state index < -0.39 is 15.9 Å². The van der Waals surface area contributed by atoms with Gasteiger partial charge in [0.05, 0.1) is 12.9 Å². The summed E-state index contributed by atoms with van der Waals surface area (Å²) in [6.07, 6.45) is 8.97. The lowest BCUT2D eigenvalue weighted by Gasteiger charge is -2.19. The van der Waals surface area contributed by atoms with Gasteiger partial charge in [0.2, 0.25) is 10.0 Å². The van der Waals surface area contributed by atoms with Crippen LogP contribution in [0, 0.1) is 0 Å². The second-order valence-corrected chi connectivity index (χ2v) is 11.7. The van der Waals surface area contributed by atoms with E-state index in [1.807, 2.05) is 24.3 Å². The first-order chi connectivity index (χ1) is 19.3. The van der Waals surface area contributed by atoms with Gasteiger partial charge in [0, 0.05) is 12.6 Å². The van der Waals surface area contributed by atoms with Crippen LogP contribution in [0.5, 0.6) is 5.75 Å². The van der Waals surface area contributed by atoms with Crippen LogP contribution in [0.1, 0.15) is 73.1 Å². The first kappa shape index (κ1) is 31.2. The number of anilines is 1. The number of nitrogens with zero attached hydrogens (tertiary/aromatic N) is 1. The molecular weight excluding hydrogens is 528 g/mol. The smallest absolute Gasteiger partial charge is 0.309 e. The van der Waals surface area contributed by atoms with E-state index in [2.05, 4.69) is 58.5 Å². The highest BCUT2D eigenvalue weighted by Crippen LogP contribution is 2.17. The predicted molar refractivity (Wildman–Crippen MR) is 158 cm³/mol. The van der Waals surface area contributed by atoms with E-state index in [1.165, 1.54) is 24.0 Å². The summed E-state index contributed by atoms with van der Waals surface area (Å²) in [7, 11) is -3.57. The van der Waals surface area contributed by atoms with Crippen molar-refractivity contribution in [3.05, 3.63) is 77.2 Å². The highest BCUT2D eigenvalue weighted by molar-refractivity contribution is 7.91. The van der Waals surface area contributed by atoms with Gasteiger partial charge in [0.15, 0.2) is 5.69 Å². The molecule has 2 aromatic carbocycles. The van der Waals surface area contributed by atoms with Gasteiger partial charge in [-0.15, -0.1) is 0 Å². The van der Waals surface area contributed by atoms with Crippen LogP contribution < -0.4 is 20.1 Å². The standard InChI is InChI=1S/C30H42N4O5S/c1-4-6-7-8-17-38-27-14-10-12-24(20-27)19-26(15-16-31-21-25-13-9-11-23(5-2)18-25)32-29(35)28-22-39-30(33-28)34-40(3,36)37/h9-14,18,20,22,26,31H,4-8,15-17,19,21H2,1-3H3,(H,32,35)(H,33,34)/t26-/m1/s1. The Morgan fingerprint density at radius 2 is 1.80 bits per heavy atom. The minimum Gasteiger partial charge on any atom is -0.494 e. The second-order valence-electron chi connectivity index (χ2n) is 9.98. The molecule has 3 rings (SSSR count). The Hall–Kier alpha value is -3.37. The quantitative estimate of drug-likeness (QED) is 0.182. The Kier molecular flexibility index (Phi) is 12.5. The van der Waals surface area contributed by atoms with Crippen LogP contribution in [0.3, 0.4) is 0 Å². The number of carbonyl (C=O) groups excluding carboxylic acids is 1. The molecule has 1 amide bonds. The fourth-order valence-electron chi connectivity index (χ4n) is 4.30. The zero-order valence-corrected chi connectivity index (χ0v) is 24.6. The van der Waals surface area contributed by atoms with Crippen molar-refractivity contribution in [3.63, 3.8) is 0 Å². The summed E-state index contributed by atoms with van der Waals surface area (Å²) < 4.78 is 36.1. The lowest BCUT2D eigenvalue weighted by molar-refractivity contribution is 0.0929. The molecule has 0 fully saturated rings. The molecule has 40 heavy (non-hydrogen) atoms. The highest BCUT2D eigenvalue weighted by Gasteiger charge is 2.19. The van der Waals surface area contributed by atoms with E-state index in [-0.39, 0.29) is 17.8 Å². The summed E-state index contributed by atoms with van der Waals surface area (Å²) in [6, 6.07) is 16.0. The molecule has 1 heterocycles. The first-order valence-electron chi connectivity index (χ1n) is 14.0. The molecule has 0 saturated carbocycles. The zero-order chi connectivity index (χ0) is 28.8. The minimum absolute atomic E-state index is 0.00431. The average molecular weight is 571 g/mol. The molecule has 0 saturated heterocycles. The third-order valence-corrected chi connectivity index (χ3v) is 6.94. The van der Waals surface area contributed by atoms with Crippen molar-refractivity contribution in [3.8, 4) is 5.75 Å². The fourth-order valence-corrected chi connectivity index (χ4v) is 4.71. The number of aromatic nitrogens is 1. The summed E-state index contributed by atoms with van der Waals surface area (Å²) in [5, 5.41) is 6.52. The Morgan fingerprint density at radius 1 is 1.02 bits per heavy atom.